The van der Waals surface area contributed by atoms with Crippen molar-refractivity contribution < 1.29 is 182 Å². The van der Waals surface area contributed by atoms with Gasteiger partial charge in [-0.1, -0.05) is 13.8 Å². The van der Waals surface area contributed by atoms with Crippen LogP contribution in [0, 0.1) is 11.8 Å². The number of carbonyl (C=O) groups is 11. The Morgan fingerprint density at radius 1 is 0.569 bits per heavy atom. The number of carbonyl (C=O) groups excluding carboxylic acids is 10. The van der Waals surface area contributed by atoms with E-state index in [4.69, 9.17) is 53.1 Å². The molecule has 0 aromatic rings. The zero-order valence-corrected chi connectivity index (χ0v) is 64.7. The number of hydrogen-bond donors (Lipinski definition) is 23. The van der Waals surface area contributed by atoms with Gasteiger partial charge in [-0.05, 0) is 59.3 Å². The van der Waals surface area contributed by atoms with Crippen LogP contribution in [0.3, 0.4) is 0 Å². The average molecular weight is 1670 g/mol. The number of amides is 10. The molecule has 10 amide bonds. The number of nitrogens with zero attached hydrogens (tertiary/aromatic N) is 3. The molecule has 0 bridgehead atoms. The van der Waals surface area contributed by atoms with Crippen LogP contribution in [-0.2, 0) is 100 Å². The summed E-state index contributed by atoms with van der Waals surface area (Å²) in [6.07, 6.45) is -45.0. The Hall–Kier alpha value is -6.83. The summed E-state index contributed by atoms with van der Waals surface area (Å²) in [6, 6.07) is -11.7. The van der Waals surface area contributed by atoms with Crippen LogP contribution in [0.25, 0.3) is 0 Å². The number of aliphatic hydroxyl groups is 15. The second kappa shape index (κ2) is 41.4. The monoisotopic (exact) mass is 1670 g/mol. The number of nitrogens with one attached hydrogen (secondary N) is 6. The summed E-state index contributed by atoms with van der Waals surface area (Å²) >= 11 is 0. The molecule has 24 N–H and O–H groups in total. The Labute approximate surface area is 663 Å². The van der Waals surface area contributed by atoms with E-state index in [-0.39, 0.29) is 45.3 Å². The zero-order chi connectivity index (χ0) is 86.0. The van der Waals surface area contributed by atoms with E-state index in [1.807, 2.05) is 0 Å². The van der Waals surface area contributed by atoms with Gasteiger partial charge in [-0.2, -0.15) is 0 Å². The van der Waals surface area contributed by atoms with Crippen molar-refractivity contribution in [2.45, 2.75) is 289 Å². The van der Waals surface area contributed by atoms with Crippen LogP contribution in [-0.4, -0.2) is 423 Å². The molecule has 8 fully saturated rings. The molecule has 8 heterocycles. The molecule has 8 aliphatic rings. The second-order valence-electron chi connectivity index (χ2n) is 30.3. The third-order valence-electron chi connectivity index (χ3n) is 22.1. The molecule has 47 heteroatoms. The first kappa shape index (κ1) is 94.7. The number of carboxylic acid groups (broad SMARTS) is 1. The summed E-state index contributed by atoms with van der Waals surface area (Å²) in [6.45, 7) is 1.79. The molecule has 47 nitrogen and oxygen atoms in total. The van der Waals surface area contributed by atoms with Gasteiger partial charge in [-0.25, -0.2) is 4.79 Å². The Bertz CT molecular complexity index is 3400. The van der Waals surface area contributed by atoms with Crippen molar-refractivity contribution in [1.82, 2.24) is 46.6 Å². The zero-order valence-electron chi connectivity index (χ0n) is 64.7. The highest BCUT2D eigenvalue weighted by Gasteiger charge is 2.61. The number of hydrogen-bond acceptors (Lipinski definition) is 36. The quantitative estimate of drug-likeness (QED) is 0.0284. The summed E-state index contributed by atoms with van der Waals surface area (Å²) < 4.78 is 60.2. The van der Waals surface area contributed by atoms with Crippen molar-refractivity contribution >= 4 is 65.0 Å². The number of primary amides is 1. The Morgan fingerprint density at radius 2 is 1.13 bits per heavy atom. The van der Waals surface area contributed by atoms with Gasteiger partial charge in [-0.3, -0.25) is 47.9 Å². The molecule has 8 rings (SSSR count). The predicted molar refractivity (Wildman–Crippen MR) is 378 cm³/mol. The summed E-state index contributed by atoms with van der Waals surface area (Å²) in [5.74, 6) is -16.8. The van der Waals surface area contributed by atoms with Crippen molar-refractivity contribution in [2.75, 3.05) is 65.8 Å². The molecule has 0 radical (unpaired) electrons. The highest BCUT2D eigenvalue weighted by Crippen LogP contribution is 2.41. The fourth-order valence-electron chi connectivity index (χ4n) is 15.4. The van der Waals surface area contributed by atoms with Crippen LogP contribution in [0.2, 0.25) is 0 Å². The molecule has 116 heavy (non-hydrogen) atoms. The van der Waals surface area contributed by atoms with Crippen LogP contribution in [0.15, 0.2) is 0 Å². The largest absolute Gasteiger partial charge is 0.477 e. The van der Waals surface area contributed by atoms with Crippen LogP contribution in [0.4, 0.5) is 0 Å². The van der Waals surface area contributed by atoms with Crippen molar-refractivity contribution in [2.24, 2.45) is 17.6 Å². The van der Waals surface area contributed by atoms with E-state index in [1.165, 1.54) is 49.3 Å². The molecule has 0 aromatic carbocycles. The fourth-order valence-corrected chi connectivity index (χ4v) is 15.4. The van der Waals surface area contributed by atoms with Gasteiger partial charge in [-0.15, -0.1) is 0 Å². The van der Waals surface area contributed by atoms with Crippen molar-refractivity contribution in [3.05, 3.63) is 0 Å². The number of aliphatic carboxylic acids is 1. The fraction of sp³-hybridized carbons (Fsp3) is 0.841. The lowest BCUT2D eigenvalue weighted by Crippen LogP contribution is -2.70. The van der Waals surface area contributed by atoms with Gasteiger partial charge in [0.05, 0.1) is 76.6 Å². The van der Waals surface area contributed by atoms with Gasteiger partial charge in [0.1, 0.15) is 134 Å². The second-order valence-corrected chi connectivity index (χ2v) is 30.3. The van der Waals surface area contributed by atoms with Crippen molar-refractivity contribution in [1.29, 1.82) is 0 Å². The standard InChI is InChI=1S/C69H112N10O37/c1-25-45(90)54(114-66-51(96)50(95)47(92)38(21-82)109-66)40(23-84)111-64(25)107-24-41-49(94)53(113-67-52(97)56(48(93)39(22-83)110-67)116-69(68(105)106)17-36(87)44(74-30(6)85)55(115-69)46(91)37(88)20-81)26(2)65(112-41)108-29(5)43(76-58(99)32(19-80)75-42(89)18-71-59(100)33-11-8-14-77(33)31(7)86)61(102)73-28(4)62(103)79-16-10-13-35(79)63(104)78-15-9-12-34(78)60(101)72-27(3)57(70)98/h25-29,32-41,43-56,64-67,80-84,87-88,90-97H,8-24H2,1-7H3,(H2,70,98)(H,71,100)(H,72,101)(H,73,102)(H,74,85)(H,75,89)(H,76,99)(H,105,106)/t25?,26?,27?,28?,29?,32?,33?,34?,35?,36?,37-,38?,39?,40?,41?,43?,44-,45?,46-,47+,48+,49+,50?,51?,52?,53?,54-,55?,56?,64-,65+,66+,67+,69+/m1/s1. The van der Waals surface area contributed by atoms with E-state index in [2.05, 4.69) is 31.9 Å². The summed E-state index contributed by atoms with van der Waals surface area (Å²) in [4.78, 5) is 152. The molecule has 22 unspecified atom stereocenters. The minimum atomic E-state index is -3.29. The lowest BCUT2D eigenvalue weighted by Gasteiger charge is -2.51. The maximum absolute atomic E-state index is 15.1. The topological polar surface area (TPSA) is 712 Å². The maximum atomic E-state index is 15.1. The Morgan fingerprint density at radius 3 is 1.72 bits per heavy atom. The number of rotatable bonds is 34. The first-order valence-electron chi connectivity index (χ1n) is 38.3. The van der Waals surface area contributed by atoms with Crippen LogP contribution in [0.5, 0.6) is 0 Å². The molecule has 0 saturated carbocycles. The van der Waals surface area contributed by atoms with Crippen LogP contribution in [0.1, 0.15) is 93.4 Å². The molecular weight excluding hydrogens is 1560 g/mol. The normalized spacial score (nSPS) is 37.3. The van der Waals surface area contributed by atoms with Crippen molar-refractivity contribution in [3.63, 3.8) is 0 Å². The first-order chi connectivity index (χ1) is 54.7. The molecule has 0 spiro atoms. The lowest BCUT2D eigenvalue weighted by atomic mass is 9.88. The third-order valence-corrected chi connectivity index (χ3v) is 22.1. The minimum absolute atomic E-state index is 0.0391. The van der Waals surface area contributed by atoms with Crippen molar-refractivity contribution in [3.8, 4) is 0 Å². The van der Waals surface area contributed by atoms with Gasteiger partial charge in [0.25, 0.3) is 5.79 Å². The summed E-state index contributed by atoms with van der Waals surface area (Å²) in [7, 11) is 0. The average Bonchev–Trinajstić information content (AvgIpc) is 1.03. The van der Waals surface area contributed by atoms with Gasteiger partial charge in [0, 0.05) is 51.7 Å². The van der Waals surface area contributed by atoms with Gasteiger partial charge >= 0.3 is 5.97 Å². The highest BCUT2D eigenvalue weighted by molar-refractivity contribution is 5.98. The lowest BCUT2D eigenvalue weighted by molar-refractivity contribution is -0.386. The summed E-state index contributed by atoms with van der Waals surface area (Å²) in [5, 5.41) is 190. The number of ether oxygens (including phenoxy) is 10. The van der Waals surface area contributed by atoms with E-state index in [1.54, 1.807) is 0 Å². The number of carboxylic acids is 1. The maximum Gasteiger partial charge on any atom is 0.364 e. The highest BCUT2D eigenvalue weighted by atomic mass is 16.8. The number of aliphatic hydroxyl groups excluding tert-OH is 15. The molecular formula is C69H112N10O37. The summed E-state index contributed by atoms with van der Waals surface area (Å²) in [5.41, 5.74) is 5.37. The van der Waals surface area contributed by atoms with E-state index in [0.717, 1.165) is 13.8 Å². The van der Waals surface area contributed by atoms with Gasteiger partial charge in [0.2, 0.25) is 59.1 Å². The van der Waals surface area contributed by atoms with Crippen LogP contribution >= 0.6 is 0 Å². The van der Waals surface area contributed by atoms with Gasteiger partial charge in [0.15, 0.2) is 25.2 Å². The molecule has 0 aromatic heterocycles. The van der Waals surface area contributed by atoms with E-state index in [9.17, 15) is 130 Å². The predicted octanol–water partition coefficient (Wildman–Crippen LogP) is -14.0. The van der Waals surface area contributed by atoms with Gasteiger partial charge < -0.3 is 181 Å². The smallest absolute Gasteiger partial charge is 0.364 e. The van der Waals surface area contributed by atoms with E-state index in [0.29, 0.717) is 12.8 Å². The number of nitrogens with two attached hydrogens (primary N) is 1. The van der Waals surface area contributed by atoms with E-state index >= 15 is 4.79 Å². The minimum Gasteiger partial charge on any atom is -0.477 e. The first-order valence-corrected chi connectivity index (χ1v) is 38.3. The molecule has 0 aliphatic carbocycles. The Balaban J connectivity index is 1.11. The third kappa shape index (κ3) is 21.7. The Kier molecular flexibility index (Phi) is 33.8. The molecule has 8 aliphatic heterocycles. The molecule has 8 saturated heterocycles. The number of likely N-dealkylation sites (tertiary alicyclic amines) is 3. The molecule has 660 valence electrons. The SMILES string of the molecule is CC(=O)N[C@@H]1C(O)C[C@](OC2C(O)[C@H](OC3C(C)[C@@H](OC(C)C(NC(=O)C(CO)NC(=O)CNC(=O)C4CCCN4C(C)=O)C(=O)NC(C)C(=O)N4CCCC4C(=O)N4CCCC4C(=O)NC(C)C(N)=O)OC(CO[C@@H]4OC(CO)[C@@H](O[C@@H]5OC(CO)[C@H](O)C(O)C5O)C(O)C4C)[C@@H]3O)OC(CO)[C@@H]2O)(C(=O)O)OC1[C@H](O)[C@H](O)CO. The molecule has 34 atom stereocenters. The van der Waals surface area contributed by atoms with Crippen LogP contribution < -0.4 is 37.6 Å². The van der Waals surface area contributed by atoms with E-state index < -0.39 is 325 Å².